The van der Waals surface area contributed by atoms with Gasteiger partial charge in [0.2, 0.25) is 15.9 Å². The Bertz CT molecular complexity index is 1110. The Morgan fingerprint density at radius 2 is 1.83 bits per heavy atom. The second-order valence-corrected chi connectivity index (χ2v) is 8.85. The predicted octanol–water partition coefficient (Wildman–Crippen LogP) is 2.20. The third-order valence-electron chi connectivity index (χ3n) is 4.55. The number of nitrogens with one attached hydrogen (secondary N) is 1. The molecule has 0 aliphatic rings. The van der Waals surface area contributed by atoms with Gasteiger partial charge in [-0.2, -0.15) is 9.40 Å². The van der Waals surface area contributed by atoms with E-state index >= 15 is 0 Å². The first-order valence-corrected chi connectivity index (χ1v) is 10.5. The molecular weight excluding hydrogens is 390 g/mol. The summed E-state index contributed by atoms with van der Waals surface area (Å²) < 4.78 is 28.1. The quantitative estimate of drug-likeness (QED) is 0.640. The van der Waals surface area contributed by atoms with E-state index in [4.69, 9.17) is 0 Å². The largest absolute Gasteiger partial charge is 0.308 e. The highest BCUT2D eigenvalue weighted by Gasteiger charge is 2.23. The Balaban J connectivity index is 1.62. The molecule has 3 rings (SSSR count). The number of hydrogen-bond acceptors (Lipinski definition) is 5. The molecule has 8 nitrogen and oxygen atoms in total. The Kier molecular flexibility index (Phi) is 6.09. The van der Waals surface area contributed by atoms with E-state index in [0.717, 1.165) is 21.0 Å². The highest BCUT2D eigenvalue weighted by molar-refractivity contribution is 7.89. The SMILES string of the molecule is Cc1ccc(S(=O)(=O)N(C)CC(=O)Nc2ccn(Cc3ccncc3)n2)cc1C. The van der Waals surface area contributed by atoms with E-state index in [9.17, 15) is 13.2 Å². The van der Waals surface area contributed by atoms with Gasteiger partial charge in [0.05, 0.1) is 18.0 Å². The van der Waals surface area contributed by atoms with E-state index in [1.165, 1.54) is 7.05 Å². The molecule has 0 spiro atoms. The number of carbonyl (C=O) groups is 1. The molecule has 0 saturated carbocycles. The van der Waals surface area contributed by atoms with Crippen molar-refractivity contribution < 1.29 is 13.2 Å². The number of nitrogens with zero attached hydrogens (tertiary/aromatic N) is 4. The number of aromatic nitrogens is 3. The van der Waals surface area contributed by atoms with Crippen molar-refractivity contribution in [3.63, 3.8) is 0 Å². The van der Waals surface area contributed by atoms with Gasteiger partial charge < -0.3 is 5.32 Å². The first-order chi connectivity index (χ1) is 13.8. The second-order valence-electron chi connectivity index (χ2n) is 6.81. The maximum atomic E-state index is 12.7. The normalized spacial score (nSPS) is 11.6. The van der Waals surface area contributed by atoms with Crippen molar-refractivity contribution in [2.45, 2.75) is 25.3 Å². The number of hydrogen-bond donors (Lipinski definition) is 1. The highest BCUT2D eigenvalue weighted by Crippen LogP contribution is 2.18. The molecule has 2 aromatic heterocycles. The van der Waals surface area contributed by atoms with Crippen LogP contribution in [0.15, 0.2) is 59.9 Å². The van der Waals surface area contributed by atoms with Gasteiger partial charge in [-0.15, -0.1) is 0 Å². The monoisotopic (exact) mass is 413 g/mol. The van der Waals surface area contributed by atoms with E-state index in [1.807, 2.05) is 26.0 Å². The van der Waals surface area contributed by atoms with Crippen LogP contribution in [0.5, 0.6) is 0 Å². The molecule has 0 fully saturated rings. The first kappa shape index (κ1) is 20.7. The number of sulfonamides is 1. The smallest absolute Gasteiger partial charge is 0.243 e. The summed E-state index contributed by atoms with van der Waals surface area (Å²) in [6, 6.07) is 10.3. The van der Waals surface area contributed by atoms with E-state index in [2.05, 4.69) is 15.4 Å². The van der Waals surface area contributed by atoms with Gasteiger partial charge in [0.15, 0.2) is 5.82 Å². The van der Waals surface area contributed by atoms with Crippen LogP contribution in [0.3, 0.4) is 0 Å². The maximum Gasteiger partial charge on any atom is 0.243 e. The van der Waals surface area contributed by atoms with E-state index in [1.54, 1.807) is 47.5 Å². The molecule has 29 heavy (non-hydrogen) atoms. The lowest BCUT2D eigenvalue weighted by atomic mass is 10.1. The third kappa shape index (κ3) is 5.07. The zero-order valence-electron chi connectivity index (χ0n) is 16.5. The molecule has 9 heteroatoms. The minimum atomic E-state index is -3.76. The fourth-order valence-electron chi connectivity index (χ4n) is 2.72. The second kappa shape index (κ2) is 8.54. The molecule has 152 valence electrons. The molecule has 2 heterocycles. The molecule has 1 amide bonds. The molecule has 0 atom stereocenters. The summed E-state index contributed by atoms with van der Waals surface area (Å²) >= 11 is 0. The van der Waals surface area contributed by atoms with Crippen LogP contribution in [-0.2, 0) is 21.4 Å². The van der Waals surface area contributed by atoms with E-state index < -0.39 is 15.9 Å². The summed E-state index contributed by atoms with van der Waals surface area (Å²) in [7, 11) is -2.38. The Morgan fingerprint density at radius 1 is 1.10 bits per heavy atom. The van der Waals surface area contributed by atoms with Gasteiger partial charge >= 0.3 is 0 Å². The van der Waals surface area contributed by atoms with Crippen molar-refractivity contribution in [3.8, 4) is 0 Å². The van der Waals surface area contributed by atoms with Gasteiger partial charge in [0.25, 0.3) is 0 Å². The fraction of sp³-hybridized carbons (Fsp3) is 0.250. The van der Waals surface area contributed by atoms with Crippen molar-refractivity contribution in [3.05, 3.63) is 71.7 Å². The Hall–Kier alpha value is -3.04. The number of rotatable bonds is 7. The van der Waals surface area contributed by atoms with Crippen LogP contribution in [0.4, 0.5) is 5.82 Å². The lowest BCUT2D eigenvalue weighted by molar-refractivity contribution is -0.116. The van der Waals surface area contributed by atoms with Crippen molar-refractivity contribution >= 4 is 21.7 Å². The molecule has 0 radical (unpaired) electrons. The molecule has 0 aliphatic carbocycles. The summed E-state index contributed by atoms with van der Waals surface area (Å²) in [6.45, 7) is 3.99. The summed E-state index contributed by atoms with van der Waals surface area (Å²) in [5.41, 5.74) is 2.91. The van der Waals surface area contributed by atoms with Crippen LogP contribution < -0.4 is 5.32 Å². The lowest BCUT2D eigenvalue weighted by Gasteiger charge is -2.17. The minimum Gasteiger partial charge on any atom is -0.308 e. The number of anilines is 1. The molecule has 3 aromatic rings. The number of benzene rings is 1. The zero-order chi connectivity index (χ0) is 21.0. The van der Waals surface area contributed by atoms with Gasteiger partial charge in [-0.3, -0.25) is 14.5 Å². The van der Waals surface area contributed by atoms with Gasteiger partial charge in [0.1, 0.15) is 0 Å². The summed E-state index contributed by atoms with van der Waals surface area (Å²) in [4.78, 5) is 16.4. The van der Waals surface area contributed by atoms with Crippen LogP contribution in [0, 0.1) is 13.8 Å². The molecule has 0 unspecified atom stereocenters. The van der Waals surface area contributed by atoms with Gasteiger partial charge in [-0.25, -0.2) is 8.42 Å². The standard InChI is InChI=1S/C20H23N5O3S/c1-15-4-5-18(12-16(15)2)29(27,28)24(3)14-20(26)22-19-8-11-25(23-19)13-17-6-9-21-10-7-17/h4-12H,13-14H2,1-3H3,(H,22,23,26). The van der Waals surface area contributed by atoms with Gasteiger partial charge in [-0.05, 0) is 54.8 Å². The lowest BCUT2D eigenvalue weighted by Crippen LogP contribution is -2.35. The molecule has 0 saturated heterocycles. The number of aryl methyl sites for hydroxylation is 2. The van der Waals surface area contributed by atoms with Crippen molar-refractivity contribution in [1.82, 2.24) is 19.1 Å². The number of amides is 1. The van der Waals surface area contributed by atoms with E-state index in [-0.39, 0.29) is 11.4 Å². The molecular formula is C20H23N5O3S. The van der Waals surface area contributed by atoms with Gasteiger partial charge in [0, 0.05) is 31.7 Å². The Labute approximate surface area is 170 Å². The number of carbonyl (C=O) groups excluding carboxylic acids is 1. The highest BCUT2D eigenvalue weighted by atomic mass is 32.2. The summed E-state index contributed by atoms with van der Waals surface area (Å²) in [6.07, 6.45) is 5.15. The van der Waals surface area contributed by atoms with Crippen LogP contribution >= 0.6 is 0 Å². The zero-order valence-corrected chi connectivity index (χ0v) is 17.3. The van der Waals surface area contributed by atoms with Crippen LogP contribution in [-0.4, -0.2) is 47.0 Å². The number of likely N-dealkylation sites (N-methyl/N-ethyl adjacent to an activating group) is 1. The molecule has 0 aliphatic heterocycles. The van der Waals surface area contributed by atoms with Crippen molar-refractivity contribution in [2.24, 2.45) is 0 Å². The predicted molar refractivity (Wildman–Crippen MR) is 110 cm³/mol. The van der Waals surface area contributed by atoms with Crippen LogP contribution in [0.2, 0.25) is 0 Å². The average molecular weight is 414 g/mol. The topological polar surface area (TPSA) is 97.2 Å². The number of pyridine rings is 1. The molecule has 0 bridgehead atoms. The van der Waals surface area contributed by atoms with E-state index in [0.29, 0.717) is 12.4 Å². The summed E-state index contributed by atoms with van der Waals surface area (Å²) in [5.74, 6) is -0.102. The van der Waals surface area contributed by atoms with Crippen molar-refractivity contribution in [1.29, 1.82) is 0 Å². The average Bonchev–Trinajstić information content (AvgIpc) is 3.11. The Morgan fingerprint density at radius 3 is 2.52 bits per heavy atom. The van der Waals surface area contributed by atoms with Crippen molar-refractivity contribution in [2.75, 3.05) is 18.9 Å². The maximum absolute atomic E-state index is 12.7. The van der Waals surface area contributed by atoms with Crippen LogP contribution in [0.25, 0.3) is 0 Å². The first-order valence-electron chi connectivity index (χ1n) is 9.01. The summed E-state index contributed by atoms with van der Waals surface area (Å²) in [5, 5.41) is 6.92. The molecule has 1 N–H and O–H groups in total. The van der Waals surface area contributed by atoms with Gasteiger partial charge in [-0.1, -0.05) is 6.07 Å². The fourth-order valence-corrected chi connectivity index (χ4v) is 3.93. The minimum absolute atomic E-state index is 0.164. The third-order valence-corrected chi connectivity index (χ3v) is 6.35. The van der Waals surface area contributed by atoms with Crippen LogP contribution in [0.1, 0.15) is 16.7 Å². The molecule has 1 aromatic carbocycles.